The largest absolute Gasteiger partial charge is 0.354 e. The van der Waals surface area contributed by atoms with Gasteiger partial charge in [-0.15, -0.1) is 0 Å². The molecular formula is C40H74N4O2. The van der Waals surface area contributed by atoms with Crippen LogP contribution in [0.2, 0.25) is 0 Å². The molecule has 0 aromatic heterocycles. The summed E-state index contributed by atoms with van der Waals surface area (Å²) in [6.07, 6.45) is 34.2. The molecule has 0 rings (SSSR count). The maximum Gasteiger partial charge on any atom is 0.220 e. The van der Waals surface area contributed by atoms with Gasteiger partial charge in [-0.3, -0.25) is 9.59 Å². The number of unbranched alkanes of at least 4 members (excludes halogenated alkanes) is 20. The van der Waals surface area contributed by atoms with Crippen LogP contribution in [0.25, 0.3) is 0 Å². The van der Waals surface area contributed by atoms with Gasteiger partial charge in [-0.05, 0) is 38.5 Å². The van der Waals surface area contributed by atoms with E-state index in [1.165, 1.54) is 128 Å². The zero-order chi connectivity index (χ0) is 33.8. The van der Waals surface area contributed by atoms with E-state index in [4.69, 9.17) is 0 Å². The van der Waals surface area contributed by atoms with E-state index in [9.17, 15) is 20.1 Å². The summed E-state index contributed by atoms with van der Waals surface area (Å²) in [6, 6.07) is 5.01. The molecule has 0 bridgehead atoms. The lowest BCUT2D eigenvalue weighted by Gasteiger charge is -2.09. The summed E-state index contributed by atoms with van der Waals surface area (Å²) in [5.74, 6) is 0.684. The molecule has 0 heterocycles. The van der Waals surface area contributed by atoms with Crippen LogP contribution in [0.3, 0.4) is 0 Å². The first-order chi connectivity index (χ1) is 22.6. The Morgan fingerprint density at radius 3 is 0.978 bits per heavy atom. The summed E-state index contributed by atoms with van der Waals surface area (Å²) in [5, 5.41) is 24.5. The van der Waals surface area contributed by atoms with Crippen LogP contribution in [-0.4, -0.2) is 24.9 Å². The molecule has 2 atom stereocenters. The Hall–Kier alpha value is -2.08. The number of nitrogens with one attached hydrogen (secondary N) is 2. The van der Waals surface area contributed by atoms with Crippen LogP contribution in [0.15, 0.2) is 0 Å². The highest BCUT2D eigenvalue weighted by molar-refractivity contribution is 5.77. The van der Waals surface area contributed by atoms with Gasteiger partial charge in [0.2, 0.25) is 11.8 Å². The fourth-order valence-electron chi connectivity index (χ4n) is 6.24. The Morgan fingerprint density at radius 2 is 0.696 bits per heavy atom. The molecule has 0 saturated heterocycles. The highest BCUT2D eigenvalue weighted by Gasteiger charge is 2.08. The molecule has 2 unspecified atom stereocenters. The summed E-state index contributed by atoms with van der Waals surface area (Å²) < 4.78 is 0. The highest BCUT2D eigenvalue weighted by atomic mass is 16.2. The lowest BCUT2D eigenvalue weighted by Crippen LogP contribution is -2.34. The Morgan fingerprint density at radius 1 is 0.435 bits per heavy atom. The predicted octanol–water partition coefficient (Wildman–Crippen LogP) is 11.2. The first-order valence-corrected chi connectivity index (χ1v) is 19.9. The summed E-state index contributed by atoms with van der Waals surface area (Å²) in [7, 11) is 0. The predicted molar refractivity (Wildman–Crippen MR) is 194 cm³/mol. The zero-order valence-corrected chi connectivity index (χ0v) is 30.5. The SMILES string of the molecule is CCCCCCC(C#N)CCCCCCCCCCC(=O)NCCNC(=O)CCCCCCCCCCC(C#N)CCCCCC. The second-order valence-electron chi connectivity index (χ2n) is 13.8. The Kier molecular flexibility index (Phi) is 34.2. The van der Waals surface area contributed by atoms with Gasteiger partial charge in [-0.2, -0.15) is 10.5 Å². The number of amides is 2. The molecule has 46 heavy (non-hydrogen) atoms. The summed E-state index contributed by atoms with van der Waals surface area (Å²) in [4.78, 5) is 24.1. The smallest absolute Gasteiger partial charge is 0.220 e. The van der Waals surface area contributed by atoms with Gasteiger partial charge < -0.3 is 10.6 Å². The second kappa shape index (κ2) is 35.8. The zero-order valence-electron chi connectivity index (χ0n) is 30.5. The third-order valence-electron chi connectivity index (χ3n) is 9.36. The van der Waals surface area contributed by atoms with E-state index in [2.05, 4.69) is 36.6 Å². The van der Waals surface area contributed by atoms with Gasteiger partial charge in [0.05, 0.1) is 12.1 Å². The Balaban J connectivity index is 3.44. The van der Waals surface area contributed by atoms with E-state index in [0.717, 1.165) is 51.4 Å². The van der Waals surface area contributed by atoms with Gasteiger partial charge in [-0.25, -0.2) is 0 Å². The minimum atomic E-state index is 0.0864. The number of nitrogens with zero attached hydrogens (tertiary/aromatic N) is 2. The van der Waals surface area contributed by atoms with Gasteiger partial charge >= 0.3 is 0 Å². The van der Waals surface area contributed by atoms with E-state index in [1.54, 1.807) is 0 Å². The topological polar surface area (TPSA) is 106 Å². The molecule has 0 aliphatic heterocycles. The van der Waals surface area contributed by atoms with Gasteiger partial charge in [0.15, 0.2) is 0 Å². The van der Waals surface area contributed by atoms with E-state index in [1.807, 2.05) is 0 Å². The van der Waals surface area contributed by atoms with Crippen molar-refractivity contribution in [3.05, 3.63) is 0 Å². The molecule has 0 spiro atoms. The molecule has 0 radical (unpaired) electrons. The van der Waals surface area contributed by atoms with Crippen LogP contribution in [-0.2, 0) is 9.59 Å². The molecule has 0 fully saturated rings. The molecule has 6 nitrogen and oxygen atoms in total. The molecule has 0 saturated carbocycles. The van der Waals surface area contributed by atoms with Gasteiger partial charge in [0, 0.05) is 37.8 Å². The average Bonchev–Trinajstić information content (AvgIpc) is 3.06. The molecule has 0 aliphatic carbocycles. The number of hydrogen-bond donors (Lipinski definition) is 2. The number of nitriles is 2. The van der Waals surface area contributed by atoms with Gasteiger partial charge in [-0.1, -0.05) is 155 Å². The van der Waals surface area contributed by atoms with Crippen molar-refractivity contribution < 1.29 is 9.59 Å². The third-order valence-corrected chi connectivity index (χ3v) is 9.36. The number of rotatable bonds is 35. The lowest BCUT2D eigenvalue weighted by atomic mass is 9.95. The quantitative estimate of drug-likeness (QED) is 0.0671. The normalized spacial score (nSPS) is 12.3. The lowest BCUT2D eigenvalue weighted by molar-refractivity contribution is -0.123. The molecular weight excluding hydrogens is 568 g/mol. The van der Waals surface area contributed by atoms with Gasteiger partial charge in [0.25, 0.3) is 0 Å². The fourth-order valence-corrected chi connectivity index (χ4v) is 6.24. The van der Waals surface area contributed by atoms with E-state index >= 15 is 0 Å². The van der Waals surface area contributed by atoms with Crippen molar-refractivity contribution in [1.29, 1.82) is 10.5 Å². The Bertz CT molecular complexity index is 708. The molecule has 0 aromatic rings. The fraction of sp³-hybridized carbons (Fsp3) is 0.900. The molecule has 2 amide bonds. The number of carbonyl (C=O) groups is 2. The first kappa shape index (κ1) is 43.9. The van der Waals surface area contributed by atoms with Crippen LogP contribution in [0.5, 0.6) is 0 Å². The number of hydrogen-bond acceptors (Lipinski definition) is 4. The van der Waals surface area contributed by atoms with E-state index < -0.39 is 0 Å². The van der Waals surface area contributed by atoms with Crippen LogP contribution in [0, 0.1) is 34.5 Å². The third kappa shape index (κ3) is 31.9. The van der Waals surface area contributed by atoms with Crippen molar-refractivity contribution >= 4 is 11.8 Å². The standard InChI is InChI=1S/C40H74N4O2/c1-3-5-7-21-27-37(35-41)29-23-17-13-9-11-15-19-25-31-39(45)43-33-34-44-40(46)32-26-20-16-12-10-14-18-24-30-38(36-42)28-22-8-6-4-2/h37-38H,3-34H2,1-2H3,(H,43,45)(H,44,46). The monoisotopic (exact) mass is 643 g/mol. The minimum Gasteiger partial charge on any atom is -0.354 e. The molecule has 266 valence electrons. The second-order valence-corrected chi connectivity index (χ2v) is 13.8. The summed E-state index contributed by atoms with van der Waals surface area (Å²) in [5.41, 5.74) is 0. The molecule has 0 aromatic carbocycles. The molecule has 2 N–H and O–H groups in total. The van der Waals surface area contributed by atoms with Crippen LogP contribution < -0.4 is 10.6 Å². The molecule has 0 aliphatic rings. The van der Waals surface area contributed by atoms with Crippen molar-refractivity contribution in [3.63, 3.8) is 0 Å². The van der Waals surface area contributed by atoms with E-state index in [0.29, 0.717) is 25.9 Å². The van der Waals surface area contributed by atoms with Crippen molar-refractivity contribution in [2.45, 2.75) is 206 Å². The summed E-state index contributed by atoms with van der Waals surface area (Å²) >= 11 is 0. The maximum atomic E-state index is 12.1. The average molecular weight is 643 g/mol. The van der Waals surface area contributed by atoms with Crippen molar-refractivity contribution in [3.8, 4) is 12.1 Å². The van der Waals surface area contributed by atoms with Gasteiger partial charge in [0.1, 0.15) is 0 Å². The highest BCUT2D eigenvalue weighted by Crippen LogP contribution is 2.20. The summed E-state index contributed by atoms with van der Waals surface area (Å²) in [6.45, 7) is 5.46. The molecule has 6 heteroatoms. The Labute approximate surface area is 285 Å². The van der Waals surface area contributed by atoms with Crippen molar-refractivity contribution in [1.82, 2.24) is 10.6 Å². The van der Waals surface area contributed by atoms with Crippen LogP contribution in [0.4, 0.5) is 0 Å². The van der Waals surface area contributed by atoms with Crippen LogP contribution >= 0.6 is 0 Å². The minimum absolute atomic E-state index is 0.0864. The van der Waals surface area contributed by atoms with E-state index in [-0.39, 0.29) is 23.7 Å². The van der Waals surface area contributed by atoms with Crippen LogP contribution in [0.1, 0.15) is 206 Å². The number of carbonyl (C=O) groups excluding carboxylic acids is 2. The van der Waals surface area contributed by atoms with Crippen molar-refractivity contribution in [2.75, 3.05) is 13.1 Å². The first-order valence-electron chi connectivity index (χ1n) is 19.9. The maximum absolute atomic E-state index is 12.1. The van der Waals surface area contributed by atoms with Crippen molar-refractivity contribution in [2.24, 2.45) is 11.8 Å².